The summed E-state index contributed by atoms with van der Waals surface area (Å²) < 4.78 is 71.2. The van der Waals surface area contributed by atoms with Gasteiger partial charge in [0, 0.05) is 49.0 Å². The molecule has 2 atom stereocenters. The van der Waals surface area contributed by atoms with Crippen LogP contribution >= 0.6 is 0 Å². The lowest BCUT2D eigenvalue weighted by Crippen LogP contribution is -2.43. The van der Waals surface area contributed by atoms with Crippen molar-refractivity contribution in [3.8, 4) is 11.1 Å². The van der Waals surface area contributed by atoms with E-state index in [-0.39, 0.29) is 12.0 Å². The van der Waals surface area contributed by atoms with Gasteiger partial charge in [-0.05, 0) is 37.1 Å². The third kappa shape index (κ3) is 6.42. The van der Waals surface area contributed by atoms with Crippen LogP contribution in [0.2, 0.25) is 0 Å². The van der Waals surface area contributed by atoms with E-state index in [1.807, 2.05) is 5.32 Å². The average molecular weight is 634 g/mol. The van der Waals surface area contributed by atoms with Crippen molar-refractivity contribution in [1.29, 1.82) is 0 Å². The number of carboxylic acids is 1. The second-order valence-electron chi connectivity index (χ2n) is 10.4. The van der Waals surface area contributed by atoms with Gasteiger partial charge in [0.25, 0.3) is 11.5 Å². The second kappa shape index (κ2) is 12.5. The molecule has 238 valence electrons. The number of nitrogens with zero attached hydrogens (tertiary/aromatic N) is 3. The molecule has 4 aromatic rings. The Kier molecular flexibility index (Phi) is 9.12. The Bertz CT molecular complexity index is 1910. The Morgan fingerprint density at radius 1 is 1.04 bits per heavy atom. The Hall–Kier alpha value is -5.08. The summed E-state index contributed by atoms with van der Waals surface area (Å²) in [7, 11) is 2.84. The Morgan fingerprint density at radius 2 is 1.69 bits per heavy atom. The molecule has 45 heavy (non-hydrogen) atoms. The summed E-state index contributed by atoms with van der Waals surface area (Å²) in [5.74, 6) is -5.97. The van der Waals surface area contributed by atoms with Crippen LogP contribution in [0.15, 0.2) is 52.2 Å². The molecule has 15 heteroatoms. The quantitative estimate of drug-likeness (QED) is 0.237. The third-order valence-electron chi connectivity index (χ3n) is 7.53. The number of halogens is 5. The van der Waals surface area contributed by atoms with Gasteiger partial charge in [-0.1, -0.05) is 25.1 Å². The molecule has 4 rings (SSSR count). The van der Waals surface area contributed by atoms with Crippen LogP contribution in [0, 0.1) is 18.6 Å². The van der Waals surface area contributed by atoms with Gasteiger partial charge in [0.1, 0.15) is 29.3 Å². The molecule has 0 bridgehead atoms. The zero-order valence-electron chi connectivity index (χ0n) is 24.4. The number of nitrogens with one attached hydrogen (secondary N) is 2. The van der Waals surface area contributed by atoms with Crippen molar-refractivity contribution in [2.24, 2.45) is 14.1 Å². The van der Waals surface area contributed by atoms with Crippen molar-refractivity contribution in [3.05, 3.63) is 91.9 Å². The average Bonchev–Trinajstić information content (AvgIpc) is 2.97. The van der Waals surface area contributed by atoms with Gasteiger partial charge in [-0.25, -0.2) is 18.4 Å². The summed E-state index contributed by atoms with van der Waals surface area (Å²) in [6.45, 7) is 2.82. The highest BCUT2D eigenvalue weighted by atomic mass is 19.4. The molecule has 3 N–H and O–H groups in total. The molecule has 2 aromatic carbocycles. The lowest BCUT2D eigenvalue weighted by molar-refractivity contribution is -0.143. The molecule has 0 radical (unpaired) electrons. The maximum absolute atomic E-state index is 14.8. The van der Waals surface area contributed by atoms with Gasteiger partial charge in [-0.15, -0.1) is 0 Å². The fourth-order valence-corrected chi connectivity index (χ4v) is 5.01. The van der Waals surface area contributed by atoms with Crippen molar-refractivity contribution in [2.75, 3.05) is 5.32 Å². The van der Waals surface area contributed by atoms with Crippen molar-refractivity contribution in [2.45, 2.75) is 44.9 Å². The highest BCUT2D eigenvalue weighted by molar-refractivity contribution is 5.98. The molecule has 2 aromatic heterocycles. The molecule has 0 spiro atoms. The monoisotopic (exact) mass is 633 g/mol. The lowest BCUT2D eigenvalue weighted by atomic mass is 9.95. The number of rotatable bonds is 9. The van der Waals surface area contributed by atoms with Crippen molar-refractivity contribution >= 4 is 28.5 Å². The van der Waals surface area contributed by atoms with Crippen LogP contribution in [0.5, 0.6) is 0 Å². The Labute approximate surface area is 252 Å². The van der Waals surface area contributed by atoms with E-state index in [0.717, 1.165) is 4.57 Å². The molecular formula is C30H28F5N5O5. The van der Waals surface area contributed by atoms with Crippen LogP contribution in [-0.4, -0.2) is 49.4 Å². The van der Waals surface area contributed by atoms with E-state index in [2.05, 4.69) is 10.3 Å². The van der Waals surface area contributed by atoms with E-state index in [1.54, 1.807) is 19.1 Å². The zero-order valence-corrected chi connectivity index (χ0v) is 24.4. The largest absolute Gasteiger partial charge is 0.480 e. The van der Waals surface area contributed by atoms with Gasteiger partial charge in [0.15, 0.2) is 0 Å². The number of pyridine rings is 1. The van der Waals surface area contributed by atoms with Gasteiger partial charge in [-0.3, -0.25) is 19.1 Å². The molecule has 0 aliphatic rings. The predicted molar refractivity (Wildman–Crippen MR) is 155 cm³/mol. The van der Waals surface area contributed by atoms with Gasteiger partial charge in [0.2, 0.25) is 0 Å². The molecule has 0 aliphatic heterocycles. The number of carbonyl (C=O) groups excluding carboxylic acids is 1. The van der Waals surface area contributed by atoms with E-state index in [1.165, 1.54) is 43.9 Å². The van der Waals surface area contributed by atoms with Crippen molar-refractivity contribution in [3.63, 3.8) is 0 Å². The third-order valence-corrected chi connectivity index (χ3v) is 7.53. The molecule has 10 nitrogen and oxygen atoms in total. The van der Waals surface area contributed by atoms with Gasteiger partial charge in [-0.2, -0.15) is 13.2 Å². The standard InChI is InChI=1S/C30H28F5N5O5/c1-5-22(30(33,34)35)37-16-12-19(31)24(20(32)13-16)26(41)38-21(28(43)44)11-15-8-9-18(25-17(15)7-6-10-36-25)23-14(2)39(3)29(45)40(4)27(23)42/h6-10,12-13,21-22,37H,5,11H2,1-4H3,(H,38,41)(H,43,44)/t21-,22?/m0/s1. The van der Waals surface area contributed by atoms with Crippen molar-refractivity contribution in [1.82, 2.24) is 19.4 Å². The number of anilines is 1. The van der Waals surface area contributed by atoms with Gasteiger partial charge in [0.05, 0.1) is 11.1 Å². The SMILES string of the molecule is CCC(Nc1cc(F)c(C(=O)N[C@@H](Cc2ccc(-c3c(C)n(C)c(=O)n(C)c3=O)c3ncccc23)C(=O)O)c(F)c1)C(F)(F)F. The molecule has 0 aliphatic carbocycles. The maximum atomic E-state index is 14.8. The molecule has 0 saturated carbocycles. The first-order chi connectivity index (χ1) is 21.1. The summed E-state index contributed by atoms with van der Waals surface area (Å²) in [6.07, 6.45) is -4.05. The molecular weight excluding hydrogens is 605 g/mol. The Morgan fingerprint density at radius 3 is 2.27 bits per heavy atom. The van der Waals surface area contributed by atoms with Crippen molar-refractivity contribution < 1.29 is 36.6 Å². The molecule has 2 heterocycles. The van der Waals surface area contributed by atoms with Crippen LogP contribution in [0.1, 0.15) is 35.0 Å². The number of fused-ring (bicyclic) bond motifs is 1. The molecule has 1 amide bonds. The number of amides is 1. The summed E-state index contributed by atoms with van der Waals surface area (Å²) in [6, 6.07) is 3.45. The second-order valence-corrected chi connectivity index (χ2v) is 10.4. The Balaban J connectivity index is 1.68. The van der Waals surface area contributed by atoms with Crippen LogP contribution in [0.4, 0.5) is 27.6 Å². The lowest BCUT2D eigenvalue weighted by Gasteiger charge is -2.22. The highest BCUT2D eigenvalue weighted by Crippen LogP contribution is 2.30. The topological polar surface area (TPSA) is 135 Å². The number of aliphatic carboxylic acids is 1. The number of alkyl halides is 3. The number of carboxylic acid groups (broad SMARTS) is 1. The van der Waals surface area contributed by atoms with Gasteiger partial charge < -0.3 is 20.3 Å². The molecule has 1 unspecified atom stereocenters. The van der Waals surface area contributed by atoms with E-state index in [9.17, 15) is 46.2 Å². The first-order valence-corrected chi connectivity index (χ1v) is 13.6. The summed E-state index contributed by atoms with van der Waals surface area (Å²) >= 11 is 0. The van der Waals surface area contributed by atoms with E-state index >= 15 is 0 Å². The van der Waals surface area contributed by atoms with Crippen LogP contribution in [-0.2, 0) is 25.3 Å². The van der Waals surface area contributed by atoms with E-state index in [4.69, 9.17) is 0 Å². The fraction of sp³-hybridized carbons (Fsp3) is 0.300. The number of hydrogen-bond acceptors (Lipinski definition) is 6. The van der Waals surface area contributed by atoms with E-state index < -0.39 is 70.7 Å². The summed E-state index contributed by atoms with van der Waals surface area (Å²) in [5, 5.41) is 14.3. The number of aromatic nitrogens is 3. The van der Waals surface area contributed by atoms with Crippen LogP contribution in [0.3, 0.4) is 0 Å². The normalized spacial score (nSPS) is 13.0. The molecule has 0 saturated heterocycles. The van der Waals surface area contributed by atoms with Crippen LogP contribution < -0.4 is 21.9 Å². The summed E-state index contributed by atoms with van der Waals surface area (Å²) in [4.78, 5) is 54.9. The minimum atomic E-state index is -4.70. The number of benzene rings is 2. The number of carbonyl (C=O) groups is 2. The highest BCUT2D eigenvalue weighted by Gasteiger charge is 2.38. The smallest absolute Gasteiger partial charge is 0.408 e. The maximum Gasteiger partial charge on any atom is 0.408 e. The minimum Gasteiger partial charge on any atom is -0.480 e. The molecule has 0 fully saturated rings. The first kappa shape index (κ1) is 32.8. The zero-order chi connectivity index (χ0) is 33.4. The first-order valence-electron chi connectivity index (χ1n) is 13.6. The minimum absolute atomic E-state index is 0.197. The predicted octanol–water partition coefficient (Wildman–Crippen LogP) is 4.06. The van der Waals surface area contributed by atoms with Gasteiger partial charge >= 0.3 is 17.8 Å². The van der Waals surface area contributed by atoms with Crippen LogP contribution in [0.25, 0.3) is 22.0 Å². The fourth-order valence-electron chi connectivity index (χ4n) is 5.01. The summed E-state index contributed by atoms with van der Waals surface area (Å²) in [5.41, 5.74) is -1.23. The number of hydrogen-bond donors (Lipinski definition) is 3. The van der Waals surface area contributed by atoms with E-state index in [0.29, 0.717) is 39.9 Å².